The van der Waals surface area contributed by atoms with Crippen molar-refractivity contribution in [2.45, 2.75) is 122 Å². The third kappa shape index (κ3) is 9.57. The zero-order chi connectivity index (χ0) is 32.0. The summed E-state index contributed by atoms with van der Waals surface area (Å²) in [6.45, 7) is 9.69. The molecule has 0 aromatic rings. The van der Waals surface area contributed by atoms with Crippen LogP contribution in [0.2, 0.25) is 0 Å². The van der Waals surface area contributed by atoms with Gasteiger partial charge in [0.25, 0.3) is 11.8 Å². The van der Waals surface area contributed by atoms with Crippen molar-refractivity contribution in [1.82, 2.24) is 10.4 Å². The number of epoxide rings is 1. The SMILES string of the molecule is CC(=O)O[C@@H](C)/C=C\C(=O)N[C@@H]1C[C@H](C)[C@H](C/C=C(C)/C=C/[C@@H]2C[C@@]3(CO3)C[C@@H](CC(=O)ON3C(=O)CCC3=O)O2)O[C@@H]1C. The van der Waals surface area contributed by atoms with Gasteiger partial charge in [0, 0.05) is 38.7 Å². The predicted octanol–water partition coefficient (Wildman–Crippen LogP) is 3.00. The van der Waals surface area contributed by atoms with Gasteiger partial charge in [-0.2, -0.15) is 0 Å². The van der Waals surface area contributed by atoms with Gasteiger partial charge in [0.05, 0.1) is 49.1 Å². The number of hydroxylamine groups is 2. The Morgan fingerprint density at radius 2 is 1.80 bits per heavy atom. The number of imide groups is 1. The van der Waals surface area contributed by atoms with Crippen molar-refractivity contribution in [2.75, 3.05) is 6.61 Å². The second kappa shape index (κ2) is 14.6. The Morgan fingerprint density at radius 3 is 2.45 bits per heavy atom. The van der Waals surface area contributed by atoms with E-state index in [0.29, 0.717) is 30.9 Å². The second-order valence-corrected chi connectivity index (χ2v) is 12.4. The Balaban J connectivity index is 1.23. The van der Waals surface area contributed by atoms with Gasteiger partial charge in [-0.05, 0) is 45.6 Å². The zero-order valence-electron chi connectivity index (χ0n) is 26.1. The largest absolute Gasteiger partial charge is 0.459 e. The molecule has 12 heteroatoms. The zero-order valence-corrected chi connectivity index (χ0v) is 26.1. The van der Waals surface area contributed by atoms with E-state index in [1.165, 1.54) is 13.0 Å². The van der Waals surface area contributed by atoms with Crippen LogP contribution in [0.25, 0.3) is 0 Å². The molecule has 0 bridgehead atoms. The number of hydrogen-bond donors (Lipinski definition) is 1. The van der Waals surface area contributed by atoms with Crippen LogP contribution in [0.4, 0.5) is 0 Å². The van der Waals surface area contributed by atoms with Gasteiger partial charge in [-0.3, -0.25) is 19.2 Å². The normalized spacial score (nSPS) is 33.2. The number of esters is 1. The third-order valence-corrected chi connectivity index (χ3v) is 8.35. The van der Waals surface area contributed by atoms with Crippen molar-refractivity contribution >= 4 is 29.7 Å². The molecule has 4 saturated heterocycles. The molecule has 0 saturated carbocycles. The fourth-order valence-electron chi connectivity index (χ4n) is 5.86. The quantitative estimate of drug-likeness (QED) is 0.121. The van der Waals surface area contributed by atoms with Crippen LogP contribution < -0.4 is 5.32 Å². The van der Waals surface area contributed by atoms with Crippen LogP contribution in [0.3, 0.4) is 0 Å². The molecule has 4 rings (SSSR count). The summed E-state index contributed by atoms with van der Waals surface area (Å²) in [5.74, 6) is -2.14. The molecule has 0 aromatic heterocycles. The summed E-state index contributed by atoms with van der Waals surface area (Å²) >= 11 is 0. The lowest BCUT2D eigenvalue weighted by atomic mass is 9.88. The first-order valence-electron chi connectivity index (χ1n) is 15.3. The number of nitrogens with one attached hydrogen (secondary N) is 1. The lowest BCUT2D eigenvalue weighted by molar-refractivity contribution is -0.200. The monoisotopic (exact) mass is 616 g/mol. The standard InChI is InChI=1S/C32H44N2O10/c1-19(7-10-27-20(2)14-26(22(4)42-27)33-28(36)11-8-21(3)41-23(5)35)6-9-24-16-32(18-40-32)17-25(43-24)15-31(39)44-34-29(37)12-13-30(34)38/h6-9,11,20-22,24-27H,10,12-18H2,1-5H3,(H,33,36)/b9-6+,11-8-,19-7+/t20-,21-,22+,24+,25+,26+,27-,32-/m0/s1. The van der Waals surface area contributed by atoms with E-state index in [1.807, 2.05) is 26.0 Å². The highest BCUT2D eigenvalue weighted by Crippen LogP contribution is 2.43. The maximum atomic E-state index is 12.4. The summed E-state index contributed by atoms with van der Waals surface area (Å²) in [7, 11) is 0. The molecular formula is C32H44N2O10. The van der Waals surface area contributed by atoms with E-state index in [-0.39, 0.29) is 61.0 Å². The topological polar surface area (TPSA) is 150 Å². The van der Waals surface area contributed by atoms with Gasteiger partial charge in [0.15, 0.2) is 0 Å². The first-order valence-corrected chi connectivity index (χ1v) is 15.3. The van der Waals surface area contributed by atoms with Crippen LogP contribution in [0, 0.1) is 5.92 Å². The van der Waals surface area contributed by atoms with Crippen molar-refractivity contribution in [3.8, 4) is 0 Å². The van der Waals surface area contributed by atoms with E-state index in [0.717, 1.165) is 12.0 Å². The van der Waals surface area contributed by atoms with E-state index in [9.17, 15) is 24.0 Å². The Kier molecular flexibility index (Phi) is 11.1. The molecular weight excluding hydrogens is 572 g/mol. The average Bonchev–Trinajstić information content (AvgIpc) is 3.61. The van der Waals surface area contributed by atoms with E-state index in [4.69, 9.17) is 23.8 Å². The number of nitrogens with zero attached hydrogens (tertiary/aromatic N) is 1. The Bertz CT molecular complexity index is 1190. The van der Waals surface area contributed by atoms with Crippen LogP contribution in [0.5, 0.6) is 0 Å². The number of allylic oxidation sites excluding steroid dienone is 2. The molecule has 4 heterocycles. The minimum Gasteiger partial charge on any atom is -0.459 e. The first-order chi connectivity index (χ1) is 20.8. The van der Waals surface area contributed by atoms with Crippen LogP contribution >= 0.6 is 0 Å². The van der Waals surface area contributed by atoms with Crippen LogP contribution in [0.15, 0.2) is 36.0 Å². The Labute approximate surface area is 258 Å². The maximum Gasteiger partial charge on any atom is 0.335 e. The lowest BCUT2D eigenvalue weighted by Crippen LogP contribution is -2.50. The van der Waals surface area contributed by atoms with Gasteiger partial charge in [-0.1, -0.05) is 30.7 Å². The molecule has 1 spiro atoms. The highest BCUT2D eigenvalue weighted by molar-refractivity contribution is 6.01. The molecule has 4 fully saturated rings. The average molecular weight is 617 g/mol. The number of rotatable bonds is 11. The van der Waals surface area contributed by atoms with Gasteiger partial charge >= 0.3 is 11.9 Å². The van der Waals surface area contributed by atoms with Crippen LogP contribution in [-0.4, -0.2) is 83.5 Å². The molecule has 4 aliphatic rings. The number of carbonyl (C=O) groups excluding carboxylic acids is 5. The van der Waals surface area contributed by atoms with Crippen LogP contribution in [0.1, 0.15) is 79.6 Å². The van der Waals surface area contributed by atoms with Gasteiger partial charge in [0.1, 0.15) is 6.10 Å². The summed E-state index contributed by atoms with van der Waals surface area (Å²) < 4.78 is 23.1. The van der Waals surface area contributed by atoms with Crippen LogP contribution in [-0.2, 0) is 47.8 Å². The number of carbonyl (C=O) groups is 5. The molecule has 8 atom stereocenters. The molecule has 242 valence electrons. The summed E-state index contributed by atoms with van der Waals surface area (Å²) in [5.41, 5.74) is 0.719. The van der Waals surface area contributed by atoms with Gasteiger partial charge in [-0.15, -0.1) is 5.06 Å². The van der Waals surface area contributed by atoms with Gasteiger partial charge < -0.3 is 29.1 Å². The van der Waals surface area contributed by atoms with Gasteiger partial charge in [0.2, 0.25) is 5.91 Å². The third-order valence-electron chi connectivity index (χ3n) is 8.35. The molecule has 0 aromatic carbocycles. The number of hydrogen-bond acceptors (Lipinski definition) is 10. The first kappa shape index (κ1) is 33.5. The minimum atomic E-state index is -0.682. The summed E-state index contributed by atoms with van der Waals surface area (Å²) in [4.78, 5) is 64.4. The van der Waals surface area contributed by atoms with E-state index < -0.39 is 36.0 Å². The molecule has 0 radical (unpaired) electrons. The molecule has 3 amide bonds. The van der Waals surface area contributed by atoms with Crippen molar-refractivity contribution in [3.05, 3.63) is 36.0 Å². The molecule has 0 unspecified atom stereocenters. The highest BCUT2D eigenvalue weighted by Gasteiger charge is 2.51. The van der Waals surface area contributed by atoms with E-state index >= 15 is 0 Å². The molecule has 1 N–H and O–H groups in total. The van der Waals surface area contributed by atoms with Crippen molar-refractivity contribution in [2.24, 2.45) is 5.92 Å². The minimum absolute atomic E-state index is 0.000130. The smallest absolute Gasteiger partial charge is 0.335 e. The predicted molar refractivity (Wildman–Crippen MR) is 156 cm³/mol. The molecule has 0 aliphatic carbocycles. The molecule has 4 aliphatic heterocycles. The number of ether oxygens (including phenoxy) is 4. The second-order valence-electron chi connectivity index (χ2n) is 12.4. The molecule has 12 nitrogen and oxygen atoms in total. The van der Waals surface area contributed by atoms with E-state index in [2.05, 4.69) is 18.3 Å². The van der Waals surface area contributed by atoms with Crippen molar-refractivity contribution < 1.29 is 47.8 Å². The number of amides is 3. The van der Waals surface area contributed by atoms with Crippen molar-refractivity contribution in [1.29, 1.82) is 0 Å². The Hall–Kier alpha value is -3.35. The van der Waals surface area contributed by atoms with Crippen molar-refractivity contribution in [3.63, 3.8) is 0 Å². The maximum absolute atomic E-state index is 12.4. The highest BCUT2D eigenvalue weighted by atomic mass is 16.7. The fourth-order valence-corrected chi connectivity index (χ4v) is 5.86. The summed E-state index contributed by atoms with van der Waals surface area (Å²) in [5, 5.41) is 3.55. The fraction of sp³-hybridized carbons (Fsp3) is 0.656. The lowest BCUT2D eigenvalue weighted by Gasteiger charge is -2.39. The molecule has 44 heavy (non-hydrogen) atoms. The summed E-state index contributed by atoms with van der Waals surface area (Å²) in [6.07, 6.45) is 10.4. The summed E-state index contributed by atoms with van der Waals surface area (Å²) in [6, 6.07) is -0.130. The van der Waals surface area contributed by atoms with E-state index in [1.54, 1.807) is 13.0 Å². The van der Waals surface area contributed by atoms with Gasteiger partial charge in [-0.25, -0.2) is 4.79 Å². The Morgan fingerprint density at radius 1 is 1.09 bits per heavy atom.